The molecule has 3 rings (SSSR count). The van der Waals surface area contributed by atoms with Crippen LogP contribution in [0.25, 0.3) is 11.1 Å². The molecule has 1 aromatic heterocycles. The second kappa shape index (κ2) is 4.40. The smallest absolute Gasteiger partial charge is 0.408 e. The van der Waals surface area contributed by atoms with Crippen LogP contribution in [0.2, 0.25) is 0 Å². The molecular weight excluding hydrogens is 248 g/mol. The first-order chi connectivity index (χ1) is 9.12. The Bertz CT molecular complexity index is 636. The van der Waals surface area contributed by atoms with E-state index in [4.69, 9.17) is 9.15 Å². The van der Waals surface area contributed by atoms with Crippen molar-refractivity contribution in [1.29, 1.82) is 0 Å². The van der Waals surface area contributed by atoms with Crippen LogP contribution in [0.1, 0.15) is 0 Å². The molecule has 102 valence electrons. The van der Waals surface area contributed by atoms with Crippen molar-refractivity contribution in [1.82, 2.24) is 4.98 Å². The number of H-pyrrole nitrogens is 1. The minimum atomic E-state index is -0.450. The van der Waals surface area contributed by atoms with Crippen molar-refractivity contribution in [3.63, 3.8) is 0 Å². The molecule has 2 heterocycles. The molecule has 0 amide bonds. The summed E-state index contributed by atoms with van der Waals surface area (Å²) in [4.78, 5) is 15.8. The SMILES string of the molecule is CN(CC1(CO)COC1)c1ccc2oc(=O)[nH]c2c1. The zero-order chi connectivity index (χ0) is 13.5. The van der Waals surface area contributed by atoms with Gasteiger partial charge in [0.1, 0.15) is 0 Å². The predicted octanol–water partition coefficient (Wildman–Crippen LogP) is 0.566. The van der Waals surface area contributed by atoms with Crippen molar-refractivity contribution in [3.05, 3.63) is 28.7 Å². The normalized spacial score (nSPS) is 17.4. The highest BCUT2D eigenvalue weighted by Gasteiger charge is 2.39. The Morgan fingerprint density at radius 2 is 2.26 bits per heavy atom. The highest BCUT2D eigenvalue weighted by Crippen LogP contribution is 2.30. The fourth-order valence-electron chi connectivity index (χ4n) is 2.40. The molecule has 2 aromatic rings. The number of aliphatic hydroxyl groups is 1. The number of fused-ring (bicyclic) bond motifs is 1. The van der Waals surface area contributed by atoms with Crippen molar-refractivity contribution < 1.29 is 14.3 Å². The van der Waals surface area contributed by atoms with Gasteiger partial charge in [0.25, 0.3) is 0 Å². The van der Waals surface area contributed by atoms with Crippen LogP contribution >= 0.6 is 0 Å². The third-order valence-electron chi connectivity index (χ3n) is 3.57. The van der Waals surface area contributed by atoms with Crippen LogP contribution in [-0.4, -0.2) is 43.5 Å². The summed E-state index contributed by atoms with van der Waals surface area (Å²) in [7, 11) is 1.95. The number of nitrogens with one attached hydrogen (secondary N) is 1. The summed E-state index contributed by atoms with van der Waals surface area (Å²) in [6.45, 7) is 1.98. The largest absolute Gasteiger partial charge is 0.417 e. The van der Waals surface area contributed by atoms with Crippen molar-refractivity contribution in [2.45, 2.75) is 0 Å². The standard InChI is InChI=1S/C13H16N2O4/c1-15(5-13(6-16)7-18-8-13)9-2-3-11-10(4-9)14-12(17)19-11/h2-4,16H,5-8H2,1H3,(H,14,17). The van der Waals surface area contributed by atoms with Gasteiger partial charge in [-0.2, -0.15) is 0 Å². The second-order valence-corrected chi connectivity index (χ2v) is 5.20. The van der Waals surface area contributed by atoms with Crippen molar-refractivity contribution in [3.8, 4) is 0 Å². The van der Waals surface area contributed by atoms with E-state index in [9.17, 15) is 9.90 Å². The van der Waals surface area contributed by atoms with Crippen LogP contribution in [0.3, 0.4) is 0 Å². The summed E-state index contributed by atoms with van der Waals surface area (Å²) in [5.74, 6) is -0.450. The van der Waals surface area contributed by atoms with Crippen molar-refractivity contribution in [2.75, 3.05) is 38.3 Å². The average Bonchev–Trinajstić information content (AvgIpc) is 2.72. The number of aromatic nitrogens is 1. The molecule has 0 spiro atoms. The zero-order valence-corrected chi connectivity index (χ0v) is 10.7. The Labute approximate surface area is 109 Å². The number of nitrogens with zero attached hydrogens (tertiary/aromatic N) is 1. The molecule has 0 aliphatic carbocycles. The molecule has 0 saturated carbocycles. The summed E-state index contributed by atoms with van der Waals surface area (Å²) in [5.41, 5.74) is 2.01. The van der Waals surface area contributed by atoms with Crippen LogP contribution in [-0.2, 0) is 4.74 Å². The van der Waals surface area contributed by atoms with Crippen molar-refractivity contribution >= 4 is 16.8 Å². The second-order valence-electron chi connectivity index (χ2n) is 5.20. The zero-order valence-electron chi connectivity index (χ0n) is 10.7. The van der Waals surface area contributed by atoms with E-state index < -0.39 is 5.76 Å². The minimum absolute atomic E-state index is 0.113. The minimum Gasteiger partial charge on any atom is -0.408 e. The van der Waals surface area contributed by atoms with Gasteiger partial charge in [0.2, 0.25) is 0 Å². The van der Waals surface area contributed by atoms with E-state index in [1.54, 1.807) is 6.07 Å². The molecule has 1 saturated heterocycles. The average molecular weight is 264 g/mol. The fourth-order valence-corrected chi connectivity index (χ4v) is 2.40. The first-order valence-electron chi connectivity index (χ1n) is 6.15. The fraction of sp³-hybridized carbons (Fsp3) is 0.462. The molecule has 1 aliphatic rings. The number of ether oxygens (including phenoxy) is 1. The molecule has 1 aromatic carbocycles. The van der Waals surface area contributed by atoms with Gasteiger partial charge in [-0.3, -0.25) is 4.98 Å². The first kappa shape index (κ1) is 12.3. The Morgan fingerprint density at radius 3 is 2.89 bits per heavy atom. The number of oxazole rings is 1. The number of hydrogen-bond donors (Lipinski definition) is 2. The van der Waals surface area contributed by atoms with Crippen molar-refractivity contribution in [2.24, 2.45) is 5.41 Å². The van der Waals surface area contributed by atoms with E-state index in [2.05, 4.69) is 4.98 Å². The van der Waals surface area contributed by atoms with Crippen LogP contribution in [0, 0.1) is 5.41 Å². The van der Waals surface area contributed by atoms with E-state index in [0.717, 1.165) is 5.69 Å². The Kier molecular flexibility index (Phi) is 2.83. The lowest BCUT2D eigenvalue weighted by atomic mass is 9.86. The van der Waals surface area contributed by atoms with Gasteiger partial charge < -0.3 is 19.2 Å². The lowest BCUT2D eigenvalue weighted by Crippen LogP contribution is -2.52. The molecule has 2 N–H and O–H groups in total. The highest BCUT2D eigenvalue weighted by atomic mass is 16.5. The lowest BCUT2D eigenvalue weighted by Gasteiger charge is -2.42. The van der Waals surface area contributed by atoms with Gasteiger partial charge in [0.15, 0.2) is 5.58 Å². The van der Waals surface area contributed by atoms with E-state index >= 15 is 0 Å². The monoisotopic (exact) mass is 264 g/mol. The summed E-state index contributed by atoms with van der Waals surface area (Å²) < 4.78 is 10.2. The molecule has 6 nitrogen and oxygen atoms in total. The Balaban J connectivity index is 1.84. The van der Waals surface area contributed by atoms with Crippen LogP contribution < -0.4 is 10.7 Å². The number of aromatic amines is 1. The number of anilines is 1. The molecule has 0 atom stereocenters. The molecule has 1 aliphatic heterocycles. The van der Waals surface area contributed by atoms with Gasteiger partial charge in [0.05, 0.1) is 30.8 Å². The summed E-state index contributed by atoms with van der Waals surface area (Å²) in [6, 6.07) is 5.52. The molecule has 0 bridgehead atoms. The third-order valence-corrected chi connectivity index (χ3v) is 3.57. The molecule has 6 heteroatoms. The van der Waals surface area contributed by atoms with Gasteiger partial charge in [0, 0.05) is 19.3 Å². The number of aliphatic hydroxyl groups excluding tert-OH is 1. The van der Waals surface area contributed by atoms with E-state index in [1.807, 2.05) is 24.1 Å². The molecule has 0 radical (unpaired) electrons. The highest BCUT2D eigenvalue weighted by molar-refractivity contribution is 5.77. The van der Waals surface area contributed by atoms with Gasteiger partial charge >= 0.3 is 5.76 Å². The predicted molar refractivity (Wildman–Crippen MR) is 70.4 cm³/mol. The van der Waals surface area contributed by atoms with Gasteiger partial charge in [-0.05, 0) is 18.2 Å². The van der Waals surface area contributed by atoms with Crippen LogP contribution in [0.4, 0.5) is 5.69 Å². The summed E-state index contributed by atoms with van der Waals surface area (Å²) in [5, 5.41) is 9.44. The van der Waals surface area contributed by atoms with E-state index in [0.29, 0.717) is 30.9 Å². The first-order valence-corrected chi connectivity index (χ1v) is 6.15. The maximum atomic E-state index is 11.1. The Morgan fingerprint density at radius 1 is 1.47 bits per heavy atom. The third kappa shape index (κ3) is 2.13. The number of hydrogen-bond acceptors (Lipinski definition) is 5. The maximum Gasteiger partial charge on any atom is 0.417 e. The van der Waals surface area contributed by atoms with Crippen LogP contribution in [0.15, 0.2) is 27.4 Å². The quantitative estimate of drug-likeness (QED) is 0.844. The van der Waals surface area contributed by atoms with Gasteiger partial charge in [-0.25, -0.2) is 4.79 Å². The lowest BCUT2D eigenvalue weighted by molar-refractivity contribution is -0.130. The van der Waals surface area contributed by atoms with Gasteiger partial charge in [-0.1, -0.05) is 0 Å². The summed E-state index contributed by atoms with van der Waals surface area (Å²) in [6.07, 6.45) is 0. The number of benzene rings is 1. The summed E-state index contributed by atoms with van der Waals surface area (Å²) >= 11 is 0. The van der Waals surface area contributed by atoms with Gasteiger partial charge in [-0.15, -0.1) is 0 Å². The molecule has 0 unspecified atom stereocenters. The van der Waals surface area contributed by atoms with E-state index in [1.165, 1.54) is 0 Å². The van der Waals surface area contributed by atoms with E-state index in [-0.39, 0.29) is 12.0 Å². The molecular formula is C13H16N2O4. The molecule has 19 heavy (non-hydrogen) atoms. The molecule has 1 fully saturated rings. The number of rotatable bonds is 4. The topological polar surface area (TPSA) is 78.7 Å². The van der Waals surface area contributed by atoms with Crippen LogP contribution in [0.5, 0.6) is 0 Å². The maximum absolute atomic E-state index is 11.1. The Hall–Kier alpha value is -1.79.